The van der Waals surface area contributed by atoms with Crippen LogP contribution in [0, 0.1) is 6.92 Å². The fourth-order valence-electron chi connectivity index (χ4n) is 2.10. The molecule has 0 amide bonds. The summed E-state index contributed by atoms with van der Waals surface area (Å²) < 4.78 is 0.993. The normalized spacial score (nSPS) is 17.9. The summed E-state index contributed by atoms with van der Waals surface area (Å²) in [6.07, 6.45) is 6.66. The quantitative estimate of drug-likeness (QED) is 0.893. The van der Waals surface area contributed by atoms with Gasteiger partial charge in [-0.15, -0.1) is 0 Å². The van der Waals surface area contributed by atoms with Crippen LogP contribution in [-0.4, -0.2) is 10.5 Å². The molecule has 0 bridgehead atoms. The van der Waals surface area contributed by atoms with Gasteiger partial charge in [-0.05, 0) is 54.1 Å². The van der Waals surface area contributed by atoms with Crippen LogP contribution >= 0.6 is 15.9 Å². The molecule has 3 N–H and O–H groups in total. The summed E-state index contributed by atoms with van der Waals surface area (Å²) >= 11 is 3.56. The van der Waals surface area contributed by atoms with Crippen LogP contribution in [0.15, 0.2) is 10.7 Å². The first-order valence-electron chi connectivity index (χ1n) is 5.77. The number of nitrogens with two attached hydrogens (primary N) is 1. The second kappa shape index (κ2) is 4.24. The predicted octanol–water partition coefficient (Wildman–Crippen LogP) is 3.48. The number of hydrogen-bond acceptors (Lipinski definition) is 3. The summed E-state index contributed by atoms with van der Waals surface area (Å²) in [6.45, 7) is 4.23. The van der Waals surface area contributed by atoms with Crippen LogP contribution in [0.1, 0.15) is 38.2 Å². The van der Waals surface area contributed by atoms with Gasteiger partial charge in [-0.2, -0.15) is 0 Å². The van der Waals surface area contributed by atoms with Crippen molar-refractivity contribution in [3.63, 3.8) is 0 Å². The first kappa shape index (κ1) is 11.7. The van der Waals surface area contributed by atoms with Gasteiger partial charge in [0.05, 0.1) is 16.4 Å². The zero-order valence-corrected chi connectivity index (χ0v) is 11.4. The Morgan fingerprint density at radius 2 is 2.25 bits per heavy atom. The third kappa shape index (κ3) is 1.90. The molecule has 0 atom stereocenters. The van der Waals surface area contributed by atoms with Gasteiger partial charge in [-0.3, -0.25) is 0 Å². The smallest absolute Gasteiger partial charge is 0.141 e. The molecule has 0 saturated heterocycles. The van der Waals surface area contributed by atoms with E-state index < -0.39 is 0 Å². The molecule has 3 nitrogen and oxygen atoms in total. The summed E-state index contributed by atoms with van der Waals surface area (Å²) in [6, 6.07) is 0. The Morgan fingerprint density at radius 1 is 1.56 bits per heavy atom. The van der Waals surface area contributed by atoms with E-state index in [1.165, 1.54) is 19.3 Å². The van der Waals surface area contributed by atoms with E-state index in [9.17, 15) is 0 Å². The molecule has 0 spiro atoms. The second-order valence-corrected chi connectivity index (χ2v) is 5.41. The molecule has 1 aliphatic carbocycles. The zero-order chi connectivity index (χ0) is 11.8. The summed E-state index contributed by atoms with van der Waals surface area (Å²) in [7, 11) is 0. The first-order chi connectivity index (χ1) is 7.58. The number of nitrogens with zero attached hydrogens (tertiary/aromatic N) is 1. The van der Waals surface area contributed by atoms with Gasteiger partial charge in [0.15, 0.2) is 0 Å². The van der Waals surface area contributed by atoms with Crippen molar-refractivity contribution in [1.82, 2.24) is 4.98 Å². The molecule has 1 aliphatic rings. The van der Waals surface area contributed by atoms with E-state index in [-0.39, 0.29) is 5.54 Å². The lowest BCUT2D eigenvalue weighted by Gasteiger charge is -2.42. The maximum absolute atomic E-state index is 5.81. The monoisotopic (exact) mass is 283 g/mol. The Hall–Kier alpha value is -0.770. The molecule has 0 radical (unpaired) electrons. The van der Waals surface area contributed by atoms with Gasteiger partial charge in [0.25, 0.3) is 0 Å². The van der Waals surface area contributed by atoms with E-state index in [1.54, 1.807) is 6.20 Å². The highest BCUT2D eigenvalue weighted by atomic mass is 79.9. The van der Waals surface area contributed by atoms with Gasteiger partial charge in [0.1, 0.15) is 5.82 Å². The minimum absolute atomic E-state index is 0.262. The lowest BCUT2D eigenvalue weighted by molar-refractivity contribution is 0.268. The highest BCUT2D eigenvalue weighted by Gasteiger charge is 2.35. The lowest BCUT2D eigenvalue weighted by atomic mass is 9.75. The summed E-state index contributed by atoms with van der Waals surface area (Å²) in [5.74, 6) is 0.924. The van der Waals surface area contributed by atoms with Gasteiger partial charge in [0, 0.05) is 5.54 Å². The third-order valence-corrected chi connectivity index (χ3v) is 4.64. The number of pyridine rings is 1. The van der Waals surface area contributed by atoms with Crippen LogP contribution in [0.3, 0.4) is 0 Å². The van der Waals surface area contributed by atoms with E-state index in [0.29, 0.717) is 0 Å². The van der Waals surface area contributed by atoms with E-state index >= 15 is 0 Å². The molecule has 1 saturated carbocycles. The highest BCUT2D eigenvalue weighted by molar-refractivity contribution is 9.10. The van der Waals surface area contributed by atoms with Crippen LogP contribution in [0.25, 0.3) is 0 Å². The molecule has 1 heterocycles. The minimum atomic E-state index is 0.262. The van der Waals surface area contributed by atoms with Crippen LogP contribution in [0.4, 0.5) is 11.5 Å². The average Bonchev–Trinajstić information content (AvgIpc) is 2.23. The lowest BCUT2D eigenvalue weighted by Crippen LogP contribution is -2.44. The van der Waals surface area contributed by atoms with Crippen molar-refractivity contribution in [2.75, 3.05) is 11.1 Å². The van der Waals surface area contributed by atoms with Crippen molar-refractivity contribution in [2.45, 2.75) is 45.1 Å². The fraction of sp³-hybridized carbons (Fsp3) is 0.583. The van der Waals surface area contributed by atoms with E-state index in [4.69, 9.17) is 5.73 Å². The Balaban J connectivity index is 2.25. The molecule has 0 aromatic carbocycles. The molecular formula is C12H18BrN3. The molecule has 2 rings (SSSR count). The molecular weight excluding hydrogens is 266 g/mol. The van der Waals surface area contributed by atoms with Crippen LogP contribution in [0.5, 0.6) is 0 Å². The van der Waals surface area contributed by atoms with Crippen molar-refractivity contribution in [1.29, 1.82) is 0 Å². The topological polar surface area (TPSA) is 50.9 Å². The maximum Gasteiger partial charge on any atom is 0.141 e. The molecule has 1 aromatic rings. The summed E-state index contributed by atoms with van der Waals surface area (Å²) in [5.41, 5.74) is 7.87. The van der Waals surface area contributed by atoms with Crippen molar-refractivity contribution >= 4 is 27.4 Å². The van der Waals surface area contributed by atoms with Gasteiger partial charge in [-0.25, -0.2) is 4.98 Å². The maximum atomic E-state index is 5.81. The van der Waals surface area contributed by atoms with Crippen molar-refractivity contribution in [2.24, 2.45) is 0 Å². The van der Waals surface area contributed by atoms with E-state index in [0.717, 1.165) is 28.0 Å². The Bertz CT molecular complexity index is 394. The van der Waals surface area contributed by atoms with Crippen molar-refractivity contribution in [3.8, 4) is 0 Å². The molecule has 1 fully saturated rings. The van der Waals surface area contributed by atoms with Crippen molar-refractivity contribution in [3.05, 3.63) is 16.2 Å². The number of rotatable bonds is 3. The Labute approximate surface area is 105 Å². The highest BCUT2D eigenvalue weighted by Crippen LogP contribution is 2.39. The van der Waals surface area contributed by atoms with Gasteiger partial charge < -0.3 is 11.1 Å². The summed E-state index contributed by atoms with van der Waals surface area (Å²) in [5, 5.41) is 3.56. The van der Waals surface area contributed by atoms with Gasteiger partial charge >= 0.3 is 0 Å². The SMILES string of the molecule is CCC1(Nc2ncc(N)c(C)c2Br)CCC1. The predicted molar refractivity (Wildman–Crippen MR) is 71.6 cm³/mol. The number of anilines is 2. The standard InChI is InChI=1S/C12H18BrN3/c1-3-12(5-4-6-12)16-11-10(13)8(2)9(14)7-15-11/h7H,3-6,14H2,1-2H3,(H,15,16). The average molecular weight is 284 g/mol. The third-order valence-electron chi connectivity index (χ3n) is 3.67. The second-order valence-electron chi connectivity index (χ2n) is 4.61. The van der Waals surface area contributed by atoms with Crippen molar-refractivity contribution < 1.29 is 0 Å². The molecule has 0 aliphatic heterocycles. The van der Waals surface area contributed by atoms with Gasteiger partial charge in [-0.1, -0.05) is 6.92 Å². The van der Waals surface area contributed by atoms with E-state index in [1.807, 2.05) is 6.92 Å². The number of hydrogen-bond donors (Lipinski definition) is 2. The number of nitrogen functional groups attached to an aromatic ring is 1. The molecule has 0 unspecified atom stereocenters. The van der Waals surface area contributed by atoms with Crippen LogP contribution in [-0.2, 0) is 0 Å². The van der Waals surface area contributed by atoms with Gasteiger partial charge in [0.2, 0.25) is 0 Å². The van der Waals surface area contributed by atoms with E-state index in [2.05, 4.69) is 33.2 Å². The number of nitrogens with one attached hydrogen (secondary N) is 1. The Morgan fingerprint density at radius 3 is 2.75 bits per heavy atom. The largest absolute Gasteiger partial charge is 0.397 e. The molecule has 88 valence electrons. The summed E-state index contributed by atoms with van der Waals surface area (Å²) in [4.78, 5) is 4.37. The Kier molecular flexibility index (Phi) is 3.10. The fourth-order valence-corrected chi connectivity index (χ4v) is 2.53. The van der Waals surface area contributed by atoms with Crippen LogP contribution in [0.2, 0.25) is 0 Å². The minimum Gasteiger partial charge on any atom is -0.397 e. The zero-order valence-electron chi connectivity index (χ0n) is 9.81. The number of halogens is 1. The van der Waals surface area contributed by atoms with Crippen LogP contribution < -0.4 is 11.1 Å². The molecule has 16 heavy (non-hydrogen) atoms. The first-order valence-corrected chi connectivity index (χ1v) is 6.56. The number of aromatic nitrogens is 1. The molecule has 4 heteroatoms. The molecule has 1 aromatic heterocycles.